The average Bonchev–Trinajstić information content (AvgIpc) is 3.86. The van der Waals surface area contributed by atoms with Crippen molar-refractivity contribution in [3.8, 4) is 0 Å². The molecule has 2 atom stereocenters. The number of methoxy groups -OCH3 is 2. The first-order valence-corrected chi connectivity index (χ1v) is 15.5. The zero-order valence-corrected chi connectivity index (χ0v) is 25.6. The van der Waals surface area contributed by atoms with Gasteiger partial charge < -0.3 is 34.1 Å². The summed E-state index contributed by atoms with van der Waals surface area (Å²) in [6.45, 7) is 3.18. The van der Waals surface area contributed by atoms with Crippen molar-refractivity contribution >= 4 is 45.6 Å². The van der Waals surface area contributed by atoms with E-state index in [9.17, 15) is 14.4 Å². The molecule has 0 spiro atoms. The minimum atomic E-state index is -0.106. The summed E-state index contributed by atoms with van der Waals surface area (Å²) < 4.78 is 10.1. The maximum Gasteiger partial charge on any atom is 0.324 e. The topological polar surface area (TPSA) is 140 Å². The fraction of sp³-hybridized carbons (Fsp3) is 0.469. The van der Waals surface area contributed by atoms with E-state index in [1.165, 1.54) is 14.2 Å². The molecule has 0 aliphatic carbocycles. The number of imidazole rings is 2. The minimum absolute atomic E-state index is 0.0275. The molecule has 3 fully saturated rings. The van der Waals surface area contributed by atoms with E-state index in [4.69, 9.17) is 19.4 Å². The second kappa shape index (κ2) is 12.1. The molecule has 5 heterocycles. The third-order valence-corrected chi connectivity index (χ3v) is 9.14. The first-order valence-electron chi connectivity index (χ1n) is 15.5. The van der Waals surface area contributed by atoms with E-state index < -0.39 is 0 Å². The van der Waals surface area contributed by atoms with Crippen LogP contribution in [0.5, 0.6) is 0 Å². The fourth-order valence-electron chi connectivity index (χ4n) is 6.98. The zero-order chi connectivity index (χ0) is 31.1. The Morgan fingerprint density at radius 1 is 0.800 bits per heavy atom. The molecule has 0 bridgehead atoms. The smallest absolute Gasteiger partial charge is 0.324 e. The largest absolute Gasteiger partial charge is 0.375 e. The number of benzene rings is 2. The molecule has 45 heavy (non-hydrogen) atoms. The van der Waals surface area contributed by atoms with Crippen LogP contribution in [0.1, 0.15) is 55.0 Å². The number of amides is 4. The SMILES string of the molecule is COCC(=O)N1CCC[C@@H]1c1nc2ccc(CN3CCN(c4ccc5nc([C@H]6CCCN6C(=O)COC)[nH]c5c4)C3=O)cc2[nH]1. The van der Waals surface area contributed by atoms with Crippen molar-refractivity contribution < 1.29 is 23.9 Å². The van der Waals surface area contributed by atoms with E-state index >= 15 is 0 Å². The van der Waals surface area contributed by atoms with Gasteiger partial charge in [-0.15, -0.1) is 0 Å². The number of rotatable bonds is 9. The first-order chi connectivity index (χ1) is 21.9. The molecular weight excluding hydrogens is 576 g/mol. The Labute approximate surface area is 260 Å². The minimum Gasteiger partial charge on any atom is -0.375 e. The van der Waals surface area contributed by atoms with Crippen molar-refractivity contribution in [1.82, 2.24) is 34.6 Å². The van der Waals surface area contributed by atoms with Crippen molar-refractivity contribution in [3.05, 3.63) is 53.6 Å². The quantitative estimate of drug-likeness (QED) is 0.294. The zero-order valence-electron chi connectivity index (χ0n) is 25.6. The predicted octanol–water partition coefficient (Wildman–Crippen LogP) is 3.50. The number of aromatic nitrogens is 4. The highest BCUT2D eigenvalue weighted by Crippen LogP contribution is 2.34. The number of aromatic amines is 2. The molecule has 4 aromatic rings. The molecule has 0 radical (unpaired) electrons. The number of anilines is 1. The van der Waals surface area contributed by atoms with Crippen LogP contribution in [-0.4, -0.2) is 106 Å². The van der Waals surface area contributed by atoms with Crippen LogP contribution >= 0.6 is 0 Å². The van der Waals surface area contributed by atoms with Gasteiger partial charge in [0.2, 0.25) is 11.8 Å². The molecule has 13 heteroatoms. The van der Waals surface area contributed by atoms with Crippen LogP contribution in [0.3, 0.4) is 0 Å². The predicted molar refractivity (Wildman–Crippen MR) is 166 cm³/mol. The summed E-state index contributed by atoms with van der Waals surface area (Å²) in [6.07, 6.45) is 3.56. The van der Waals surface area contributed by atoms with Gasteiger partial charge in [0, 0.05) is 52.6 Å². The molecule has 3 saturated heterocycles. The Morgan fingerprint density at radius 2 is 1.38 bits per heavy atom. The summed E-state index contributed by atoms with van der Waals surface area (Å²) in [7, 11) is 3.06. The van der Waals surface area contributed by atoms with Gasteiger partial charge in [0.1, 0.15) is 24.9 Å². The Morgan fingerprint density at radius 3 is 1.98 bits per heavy atom. The summed E-state index contributed by atoms with van der Waals surface area (Å²) in [4.78, 5) is 62.3. The van der Waals surface area contributed by atoms with Crippen LogP contribution in [0, 0.1) is 0 Å². The number of urea groups is 1. The second-order valence-electron chi connectivity index (χ2n) is 12.0. The number of carbonyl (C=O) groups excluding carboxylic acids is 3. The van der Waals surface area contributed by atoms with Gasteiger partial charge in [0.05, 0.1) is 34.2 Å². The third kappa shape index (κ3) is 5.50. The van der Waals surface area contributed by atoms with Gasteiger partial charge in [-0.3, -0.25) is 14.5 Å². The van der Waals surface area contributed by atoms with Crippen molar-refractivity contribution in [1.29, 1.82) is 0 Å². The average molecular weight is 615 g/mol. The Kier molecular flexibility index (Phi) is 7.88. The number of hydrogen-bond donors (Lipinski definition) is 2. The number of fused-ring (bicyclic) bond motifs is 2. The van der Waals surface area contributed by atoms with Crippen LogP contribution < -0.4 is 4.90 Å². The van der Waals surface area contributed by atoms with Gasteiger partial charge in [0.25, 0.3) is 0 Å². The number of nitrogens with zero attached hydrogens (tertiary/aromatic N) is 6. The lowest BCUT2D eigenvalue weighted by Crippen LogP contribution is -2.33. The van der Waals surface area contributed by atoms with Gasteiger partial charge in [-0.2, -0.15) is 0 Å². The summed E-state index contributed by atoms with van der Waals surface area (Å²) >= 11 is 0. The molecule has 2 aromatic heterocycles. The number of ether oxygens (including phenoxy) is 2. The molecule has 0 saturated carbocycles. The number of H-pyrrole nitrogens is 2. The monoisotopic (exact) mass is 614 g/mol. The van der Waals surface area contributed by atoms with Crippen LogP contribution in [-0.2, 0) is 25.6 Å². The summed E-state index contributed by atoms with van der Waals surface area (Å²) in [5.74, 6) is 1.48. The normalized spacial score (nSPS) is 20.4. The maximum atomic E-state index is 13.5. The molecule has 236 valence electrons. The lowest BCUT2D eigenvalue weighted by Gasteiger charge is -2.22. The molecule has 13 nitrogen and oxygen atoms in total. The molecule has 2 aromatic carbocycles. The molecule has 2 N–H and O–H groups in total. The maximum absolute atomic E-state index is 13.5. The summed E-state index contributed by atoms with van der Waals surface area (Å²) in [6, 6.07) is 11.6. The van der Waals surface area contributed by atoms with Crippen molar-refractivity contribution in [3.63, 3.8) is 0 Å². The van der Waals surface area contributed by atoms with E-state index in [0.717, 1.165) is 70.6 Å². The lowest BCUT2D eigenvalue weighted by molar-refractivity contribution is -0.136. The van der Waals surface area contributed by atoms with Crippen LogP contribution in [0.4, 0.5) is 10.5 Å². The Hall–Kier alpha value is -4.49. The molecular formula is C32H38N8O5. The number of likely N-dealkylation sites (tertiary alicyclic amines) is 2. The highest BCUT2D eigenvalue weighted by Gasteiger charge is 2.34. The van der Waals surface area contributed by atoms with E-state index in [1.54, 1.807) is 4.90 Å². The first kappa shape index (κ1) is 29.2. The lowest BCUT2D eigenvalue weighted by atomic mass is 10.2. The van der Waals surface area contributed by atoms with Crippen LogP contribution in [0.15, 0.2) is 36.4 Å². The number of hydrogen-bond acceptors (Lipinski definition) is 7. The number of nitrogens with one attached hydrogen (secondary N) is 2. The van der Waals surface area contributed by atoms with Crippen LogP contribution in [0.25, 0.3) is 22.1 Å². The van der Waals surface area contributed by atoms with Crippen molar-refractivity contribution in [2.75, 3.05) is 58.5 Å². The molecule has 4 amide bonds. The fourth-order valence-corrected chi connectivity index (χ4v) is 6.98. The van der Waals surface area contributed by atoms with Gasteiger partial charge in [-0.05, 0) is 61.6 Å². The van der Waals surface area contributed by atoms with E-state index in [-0.39, 0.29) is 43.1 Å². The van der Waals surface area contributed by atoms with Gasteiger partial charge in [-0.1, -0.05) is 6.07 Å². The highest BCUT2D eigenvalue weighted by molar-refractivity contribution is 5.96. The van der Waals surface area contributed by atoms with Gasteiger partial charge in [-0.25, -0.2) is 14.8 Å². The highest BCUT2D eigenvalue weighted by atomic mass is 16.5. The standard InChI is InChI=1S/C32H38N8O5/c1-44-18-28(41)39-11-3-5-26(39)30-33-22-9-7-20(15-24(22)35-30)17-37-13-14-38(32(37)43)21-8-10-23-25(16-21)36-31(34-23)27-6-4-12-40(27)29(42)19-45-2/h7-10,15-16,26-27H,3-6,11-14,17-19H2,1-2H3,(H,33,35)(H,34,36)/t26-,27-/m1/s1. The Bertz CT molecular complexity index is 1750. The number of carbonyl (C=O) groups is 3. The van der Waals surface area contributed by atoms with Gasteiger partial charge >= 0.3 is 6.03 Å². The summed E-state index contributed by atoms with van der Waals surface area (Å²) in [5, 5.41) is 0. The molecule has 3 aliphatic rings. The molecule has 3 aliphatic heterocycles. The van der Waals surface area contributed by atoms with Crippen molar-refractivity contribution in [2.24, 2.45) is 0 Å². The molecule has 7 rings (SSSR count). The van der Waals surface area contributed by atoms with E-state index in [1.807, 2.05) is 51.1 Å². The van der Waals surface area contributed by atoms with E-state index in [0.29, 0.717) is 32.7 Å². The third-order valence-electron chi connectivity index (χ3n) is 9.14. The van der Waals surface area contributed by atoms with Crippen LogP contribution in [0.2, 0.25) is 0 Å². The summed E-state index contributed by atoms with van der Waals surface area (Å²) in [5.41, 5.74) is 5.18. The Balaban J connectivity index is 1.04. The molecule has 0 unspecified atom stereocenters. The van der Waals surface area contributed by atoms with Gasteiger partial charge in [0.15, 0.2) is 0 Å². The second-order valence-corrected chi connectivity index (χ2v) is 12.0. The van der Waals surface area contributed by atoms with E-state index in [2.05, 4.69) is 9.97 Å². The van der Waals surface area contributed by atoms with Crippen molar-refractivity contribution in [2.45, 2.75) is 44.3 Å².